The predicted octanol–water partition coefficient (Wildman–Crippen LogP) is 2.35. The lowest BCUT2D eigenvalue weighted by atomic mass is 9.72. The van der Waals surface area contributed by atoms with Gasteiger partial charge in [0.2, 0.25) is 0 Å². The van der Waals surface area contributed by atoms with Crippen molar-refractivity contribution < 1.29 is 4.39 Å². The van der Waals surface area contributed by atoms with Gasteiger partial charge in [-0.3, -0.25) is 0 Å². The van der Waals surface area contributed by atoms with Gasteiger partial charge in [-0.25, -0.2) is 4.39 Å². The summed E-state index contributed by atoms with van der Waals surface area (Å²) in [4.78, 5) is 0. The maximum Gasteiger partial charge on any atom is 0.123 e. The molecule has 2 heteroatoms. The van der Waals surface area contributed by atoms with E-state index in [1.165, 1.54) is 30.5 Å². The molecule has 0 atom stereocenters. The molecular formula is C12H16FN. The second-order valence-corrected chi connectivity index (χ2v) is 4.27. The van der Waals surface area contributed by atoms with Crippen molar-refractivity contribution in [3.63, 3.8) is 0 Å². The summed E-state index contributed by atoms with van der Waals surface area (Å²) >= 11 is 0. The maximum atomic E-state index is 12.6. The van der Waals surface area contributed by atoms with Crippen molar-refractivity contribution in [3.05, 3.63) is 35.6 Å². The first-order valence-electron chi connectivity index (χ1n) is 5.22. The molecule has 0 heterocycles. The lowest BCUT2D eigenvalue weighted by molar-refractivity contribution is 0.199. The van der Waals surface area contributed by atoms with Gasteiger partial charge in [0.1, 0.15) is 5.82 Å². The van der Waals surface area contributed by atoms with Crippen LogP contribution in [0.4, 0.5) is 4.39 Å². The Balaban J connectivity index is 1.84. The zero-order valence-electron chi connectivity index (χ0n) is 8.25. The van der Waals surface area contributed by atoms with Crippen LogP contribution in [0, 0.1) is 17.7 Å². The van der Waals surface area contributed by atoms with Gasteiger partial charge in [0, 0.05) is 0 Å². The van der Waals surface area contributed by atoms with E-state index < -0.39 is 0 Å². The number of hydrogen-bond acceptors (Lipinski definition) is 1. The fourth-order valence-electron chi connectivity index (χ4n) is 2.19. The van der Waals surface area contributed by atoms with Crippen molar-refractivity contribution in [1.82, 2.24) is 0 Å². The van der Waals surface area contributed by atoms with E-state index in [0.717, 1.165) is 24.8 Å². The molecule has 1 aliphatic carbocycles. The fraction of sp³-hybridized carbons (Fsp3) is 0.500. The molecule has 0 radical (unpaired) electrons. The number of rotatable bonds is 3. The van der Waals surface area contributed by atoms with Crippen LogP contribution < -0.4 is 5.73 Å². The Morgan fingerprint density at radius 2 is 1.79 bits per heavy atom. The van der Waals surface area contributed by atoms with Crippen LogP contribution in [-0.2, 0) is 6.42 Å². The smallest absolute Gasteiger partial charge is 0.123 e. The van der Waals surface area contributed by atoms with Crippen molar-refractivity contribution in [2.24, 2.45) is 17.6 Å². The molecular weight excluding hydrogens is 177 g/mol. The molecule has 14 heavy (non-hydrogen) atoms. The molecule has 2 rings (SSSR count). The Bertz CT molecular complexity index is 288. The summed E-state index contributed by atoms with van der Waals surface area (Å²) in [6.45, 7) is 0.819. The van der Waals surface area contributed by atoms with Gasteiger partial charge in [0.05, 0.1) is 0 Å². The van der Waals surface area contributed by atoms with Crippen LogP contribution >= 0.6 is 0 Å². The monoisotopic (exact) mass is 193 g/mol. The molecule has 0 aromatic heterocycles. The Morgan fingerprint density at radius 3 is 2.36 bits per heavy atom. The standard InChI is InChI=1S/C12H16FN/c13-12-3-1-9(2-4-12)5-10-6-11(7-10)8-14/h1-4,10-11H,5-8,14H2. The van der Waals surface area contributed by atoms with Crippen LogP contribution in [0.2, 0.25) is 0 Å². The molecule has 0 unspecified atom stereocenters. The SMILES string of the molecule is NCC1CC(Cc2ccc(F)cc2)C1. The number of hydrogen-bond donors (Lipinski definition) is 1. The first-order chi connectivity index (χ1) is 6.78. The summed E-state index contributed by atoms with van der Waals surface area (Å²) in [5.41, 5.74) is 6.80. The summed E-state index contributed by atoms with van der Waals surface area (Å²) in [6.07, 6.45) is 3.57. The van der Waals surface area contributed by atoms with Crippen molar-refractivity contribution in [2.75, 3.05) is 6.54 Å². The Kier molecular flexibility index (Phi) is 2.82. The third kappa shape index (κ3) is 2.13. The molecule has 1 aromatic carbocycles. The first kappa shape index (κ1) is 9.66. The second-order valence-electron chi connectivity index (χ2n) is 4.27. The highest BCUT2D eigenvalue weighted by Crippen LogP contribution is 2.35. The highest BCUT2D eigenvalue weighted by molar-refractivity contribution is 5.17. The quantitative estimate of drug-likeness (QED) is 0.783. The molecule has 1 aromatic rings. The Morgan fingerprint density at radius 1 is 1.14 bits per heavy atom. The third-order valence-electron chi connectivity index (χ3n) is 3.10. The van der Waals surface area contributed by atoms with Gasteiger partial charge in [-0.1, -0.05) is 12.1 Å². The number of nitrogens with two attached hydrogens (primary N) is 1. The van der Waals surface area contributed by atoms with Crippen molar-refractivity contribution >= 4 is 0 Å². The molecule has 1 fully saturated rings. The normalized spacial score (nSPS) is 25.9. The van der Waals surface area contributed by atoms with Crippen molar-refractivity contribution in [2.45, 2.75) is 19.3 Å². The molecule has 0 aliphatic heterocycles. The van der Waals surface area contributed by atoms with E-state index in [-0.39, 0.29) is 5.82 Å². The maximum absolute atomic E-state index is 12.6. The Hall–Kier alpha value is -0.890. The summed E-state index contributed by atoms with van der Waals surface area (Å²) in [7, 11) is 0. The van der Waals surface area contributed by atoms with Gasteiger partial charge in [-0.2, -0.15) is 0 Å². The molecule has 76 valence electrons. The van der Waals surface area contributed by atoms with Gasteiger partial charge in [-0.05, 0) is 55.3 Å². The first-order valence-corrected chi connectivity index (χ1v) is 5.22. The summed E-state index contributed by atoms with van der Waals surface area (Å²) in [5, 5.41) is 0. The van der Waals surface area contributed by atoms with E-state index in [9.17, 15) is 4.39 Å². The van der Waals surface area contributed by atoms with Gasteiger partial charge in [-0.15, -0.1) is 0 Å². The van der Waals surface area contributed by atoms with Crippen LogP contribution in [0.15, 0.2) is 24.3 Å². The summed E-state index contributed by atoms with van der Waals surface area (Å²) < 4.78 is 12.6. The van der Waals surface area contributed by atoms with Crippen molar-refractivity contribution in [3.8, 4) is 0 Å². The van der Waals surface area contributed by atoms with E-state index in [4.69, 9.17) is 5.73 Å². The molecule has 0 bridgehead atoms. The van der Waals surface area contributed by atoms with E-state index >= 15 is 0 Å². The van der Waals surface area contributed by atoms with E-state index in [1.807, 2.05) is 12.1 Å². The second kappa shape index (κ2) is 4.09. The molecule has 0 amide bonds. The van der Waals surface area contributed by atoms with Gasteiger partial charge >= 0.3 is 0 Å². The molecule has 0 saturated heterocycles. The molecule has 0 spiro atoms. The largest absolute Gasteiger partial charge is 0.330 e. The third-order valence-corrected chi connectivity index (χ3v) is 3.10. The molecule has 1 nitrogen and oxygen atoms in total. The lowest BCUT2D eigenvalue weighted by Gasteiger charge is -2.34. The van der Waals surface area contributed by atoms with E-state index in [2.05, 4.69) is 0 Å². The zero-order valence-corrected chi connectivity index (χ0v) is 8.25. The summed E-state index contributed by atoms with van der Waals surface area (Å²) in [5.74, 6) is 1.36. The minimum atomic E-state index is -0.151. The average molecular weight is 193 g/mol. The van der Waals surface area contributed by atoms with Crippen molar-refractivity contribution in [1.29, 1.82) is 0 Å². The fourth-order valence-corrected chi connectivity index (χ4v) is 2.19. The van der Waals surface area contributed by atoms with Crippen LogP contribution in [-0.4, -0.2) is 6.54 Å². The average Bonchev–Trinajstić information content (AvgIpc) is 2.13. The number of halogens is 1. The van der Waals surface area contributed by atoms with Crippen LogP contribution in [0.5, 0.6) is 0 Å². The topological polar surface area (TPSA) is 26.0 Å². The van der Waals surface area contributed by atoms with Crippen LogP contribution in [0.25, 0.3) is 0 Å². The molecule has 1 aliphatic rings. The van der Waals surface area contributed by atoms with Crippen LogP contribution in [0.3, 0.4) is 0 Å². The Labute approximate surface area is 84.1 Å². The highest BCUT2D eigenvalue weighted by atomic mass is 19.1. The molecule has 2 N–H and O–H groups in total. The summed E-state index contributed by atoms with van der Waals surface area (Å²) in [6, 6.07) is 6.83. The predicted molar refractivity (Wildman–Crippen MR) is 55.4 cm³/mol. The van der Waals surface area contributed by atoms with E-state index in [0.29, 0.717) is 0 Å². The van der Waals surface area contributed by atoms with Gasteiger partial charge in [0.15, 0.2) is 0 Å². The zero-order chi connectivity index (χ0) is 9.97. The van der Waals surface area contributed by atoms with Crippen LogP contribution in [0.1, 0.15) is 18.4 Å². The number of benzene rings is 1. The minimum absolute atomic E-state index is 0.151. The highest BCUT2D eigenvalue weighted by Gasteiger charge is 2.27. The lowest BCUT2D eigenvalue weighted by Crippen LogP contribution is -2.31. The van der Waals surface area contributed by atoms with Gasteiger partial charge in [0.25, 0.3) is 0 Å². The van der Waals surface area contributed by atoms with Gasteiger partial charge < -0.3 is 5.73 Å². The minimum Gasteiger partial charge on any atom is -0.330 e. The van der Waals surface area contributed by atoms with E-state index in [1.54, 1.807) is 0 Å². The molecule has 1 saturated carbocycles.